The minimum Gasteiger partial charge on any atom is -0.390 e. The Labute approximate surface area is 187 Å². The van der Waals surface area contributed by atoms with E-state index in [1.807, 2.05) is 12.1 Å². The second-order valence-electron chi connectivity index (χ2n) is 8.23. The first-order chi connectivity index (χ1) is 15.2. The number of nitrogens with one attached hydrogen (secondary N) is 1. The molecule has 1 aromatic carbocycles. The van der Waals surface area contributed by atoms with Gasteiger partial charge in [0, 0.05) is 29.6 Å². The van der Waals surface area contributed by atoms with Crippen LogP contribution in [-0.4, -0.2) is 57.5 Å². The molecule has 0 saturated heterocycles. The van der Waals surface area contributed by atoms with E-state index in [-0.39, 0.29) is 24.6 Å². The number of aromatic nitrogens is 2. The fourth-order valence-electron chi connectivity index (χ4n) is 3.67. The summed E-state index contributed by atoms with van der Waals surface area (Å²) in [6, 6.07) is 5.47. The average molecular weight is 460 g/mol. The van der Waals surface area contributed by atoms with Gasteiger partial charge in [-0.1, -0.05) is 11.8 Å². The van der Waals surface area contributed by atoms with Crippen molar-refractivity contribution < 1.29 is 28.6 Å². The number of carbonyl (C=O) groups is 1. The molecule has 0 bridgehead atoms. The van der Waals surface area contributed by atoms with E-state index >= 15 is 0 Å². The maximum absolute atomic E-state index is 11.9. The lowest BCUT2D eigenvalue weighted by Crippen LogP contribution is -2.41. The number of rotatable bonds is 6. The van der Waals surface area contributed by atoms with Crippen molar-refractivity contribution in [1.29, 1.82) is 0 Å². The van der Waals surface area contributed by atoms with Crippen molar-refractivity contribution in [2.75, 3.05) is 5.75 Å². The van der Waals surface area contributed by atoms with E-state index in [0.717, 1.165) is 16.5 Å². The molecule has 4 atom stereocenters. The van der Waals surface area contributed by atoms with Crippen molar-refractivity contribution in [2.45, 2.75) is 44.9 Å². The fourth-order valence-corrected chi connectivity index (χ4v) is 4.54. The van der Waals surface area contributed by atoms with Gasteiger partial charge in [0.15, 0.2) is 0 Å². The molecule has 170 valence electrons. The Morgan fingerprint density at radius 3 is 2.66 bits per heavy atom. The van der Waals surface area contributed by atoms with Gasteiger partial charge in [0.1, 0.15) is 10.7 Å². The number of hydrogen-bond acceptors (Lipinski definition) is 7. The number of fused-ring (bicyclic) bond motifs is 1. The highest BCUT2D eigenvalue weighted by Gasteiger charge is 2.34. The summed E-state index contributed by atoms with van der Waals surface area (Å²) in [6.07, 6.45) is 1.41. The molecule has 1 aliphatic carbocycles. The fraction of sp³-hybridized carbons (Fsp3) is 0.455. The molecule has 0 spiro atoms. The Morgan fingerprint density at radius 1 is 1.28 bits per heavy atom. The van der Waals surface area contributed by atoms with Crippen molar-refractivity contribution in [2.24, 2.45) is 11.3 Å². The lowest BCUT2D eigenvalue weighted by Gasteiger charge is -2.24. The second kappa shape index (κ2) is 10.2. The average Bonchev–Trinajstić information content (AvgIpc) is 3.30. The van der Waals surface area contributed by atoms with E-state index in [1.54, 1.807) is 22.4 Å². The second-order valence-corrected chi connectivity index (χ2v) is 9.21. The first-order valence-corrected chi connectivity index (χ1v) is 11.5. The van der Waals surface area contributed by atoms with Crippen molar-refractivity contribution >= 4 is 27.5 Å². The maximum Gasteiger partial charge on any atom is 0.250 e. The number of nitrogens with zero attached hydrogens (tertiary/aromatic N) is 2. The van der Waals surface area contributed by atoms with Crippen LogP contribution in [0.25, 0.3) is 10.9 Å². The highest BCUT2D eigenvalue weighted by molar-refractivity contribution is 7.72. The standard InChI is InChI=1S/C22H25N3O6S/c1-22(14-32(30)31,21(28)24-29)8-9-25-13-17-10-15(6-7-18(17)23-25)4-2-3-5-16-11-19(26)20(27)12-16/h6-7,10,13,16,19-20,26-27,29,32H,8-9,11-12,14H2,1H3,(H,24,28)/t16-,19-,20+,22-/m0/s1. The number of thiol groups is 1. The van der Waals surface area contributed by atoms with Crippen LogP contribution in [-0.2, 0) is 22.0 Å². The zero-order valence-electron chi connectivity index (χ0n) is 17.5. The summed E-state index contributed by atoms with van der Waals surface area (Å²) in [5.74, 6) is 10.3. The van der Waals surface area contributed by atoms with Gasteiger partial charge in [-0.3, -0.25) is 14.7 Å². The summed E-state index contributed by atoms with van der Waals surface area (Å²) in [5.41, 5.74) is 1.73. The third-order valence-electron chi connectivity index (χ3n) is 5.61. The van der Waals surface area contributed by atoms with E-state index in [2.05, 4.69) is 28.8 Å². The summed E-state index contributed by atoms with van der Waals surface area (Å²) >= 11 is 0. The van der Waals surface area contributed by atoms with Crippen LogP contribution in [0.5, 0.6) is 0 Å². The monoisotopic (exact) mass is 459 g/mol. The molecule has 3 rings (SSSR count). The van der Waals surface area contributed by atoms with Crippen molar-refractivity contribution in [3.8, 4) is 23.7 Å². The molecule has 1 fully saturated rings. The van der Waals surface area contributed by atoms with Gasteiger partial charge in [-0.15, -0.1) is 0 Å². The lowest BCUT2D eigenvalue weighted by molar-refractivity contribution is -0.138. The van der Waals surface area contributed by atoms with Gasteiger partial charge in [-0.05, 0) is 56.2 Å². The normalized spacial score (nSPS) is 22.0. The minimum absolute atomic E-state index is 0.0617. The first kappa shape index (κ1) is 23.8. The Morgan fingerprint density at radius 2 is 2.00 bits per heavy atom. The lowest BCUT2D eigenvalue weighted by atomic mass is 9.88. The molecule has 9 nitrogen and oxygen atoms in total. The quantitative estimate of drug-likeness (QED) is 0.178. The predicted octanol–water partition coefficient (Wildman–Crippen LogP) is 0.0362. The highest BCUT2D eigenvalue weighted by Crippen LogP contribution is 2.25. The number of benzene rings is 1. The summed E-state index contributed by atoms with van der Waals surface area (Å²) < 4.78 is 23.9. The largest absolute Gasteiger partial charge is 0.390 e. The molecular formula is C22H25N3O6S. The number of aliphatic hydroxyl groups excluding tert-OH is 2. The predicted molar refractivity (Wildman–Crippen MR) is 117 cm³/mol. The summed E-state index contributed by atoms with van der Waals surface area (Å²) in [6.45, 7) is 1.77. The van der Waals surface area contributed by atoms with E-state index < -0.39 is 34.2 Å². The Bertz CT molecular complexity index is 1180. The Hall–Kier alpha value is -2.89. The molecule has 0 unspecified atom stereocenters. The Kier molecular flexibility index (Phi) is 7.54. The smallest absolute Gasteiger partial charge is 0.250 e. The highest BCUT2D eigenvalue weighted by atomic mass is 32.2. The van der Waals surface area contributed by atoms with Crippen molar-refractivity contribution in [3.05, 3.63) is 30.0 Å². The molecule has 1 aromatic heterocycles. The van der Waals surface area contributed by atoms with Gasteiger partial charge < -0.3 is 10.2 Å². The van der Waals surface area contributed by atoms with Crippen molar-refractivity contribution in [1.82, 2.24) is 15.3 Å². The molecule has 4 N–H and O–H groups in total. The van der Waals surface area contributed by atoms with Crippen LogP contribution in [0.2, 0.25) is 0 Å². The third-order valence-corrected chi connectivity index (χ3v) is 6.57. The van der Waals surface area contributed by atoms with Crippen LogP contribution in [0.15, 0.2) is 24.4 Å². The molecule has 0 radical (unpaired) electrons. The molecule has 1 amide bonds. The number of hydrogen-bond donors (Lipinski definition) is 5. The number of aryl methyl sites for hydroxylation is 1. The van der Waals surface area contributed by atoms with Crippen molar-refractivity contribution in [3.63, 3.8) is 0 Å². The summed E-state index contributed by atoms with van der Waals surface area (Å²) in [5, 5.41) is 33.3. The van der Waals surface area contributed by atoms with Gasteiger partial charge in [-0.25, -0.2) is 13.9 Å². The van der Waals surface area contributed by atoms with E-state index in [4.69, 9.17) is 5.21 Å². The van der Waals surface area contributed by atoms with E-state index in [0.29, 0.717) is 12.8 Å². The molecule has 1 heterocycles. The molecule has 1 saturated carbocycles. The molecule has 0 aliphatic heterocycles. The molecular weight excluding hydrogens is 434 g/mol. The molecule has 2 aromatic rings. The summed E-state index contributed by atoms with van der Waals surface area (Å²) in [7, 11) is -2.80. The van der Waals surface area contributed by atoms with Crippen LogP contribution >= 0.6 is 0 Å². The number of hydroxylamine groups is 1. The third kappa shape index (κ3) is 5.87. The molecule has 10 heteroatoms. The van der Waals surface area contributed by atoms with Crippen LogP contribution < -0.4 is 5.48 Å². The Balaban J connectivity index is 1.68. The van der Waals surface area contributed by atoms with E-state index in [1.165, 1.54) is 6.92 Å². The van der Waals surface area contributed by atoms with Crippen LogP contribution in [0.1, 0.15) is 31.7 Å². The number of carbonyl (C=O) groups excluding carboxylic acids is 1. The minimum atomic E-state index is -2.80. The SMILES string of the molecule is C[C@](CCn1cc2cc(C#CC#C[C@@H]3C[C@@H](O)[C@@H](O)C3)ccc2n1)(C[SH](=O)=O)C(=O)NO. The van der Waals surface area contributed by atoms with Gasteiger partial charge >= 0.3 is 0 Å². The zero-order valence-corrected chi connectivity index (χ0v) is 18.4. The zero-order chi connectivity index (χ0) is 23.3. The van der Waals surface area contributed by atoms with Crippen LogP contribution in [0.4, 0.5) is 0 Å². The number of aliphatic hydroxyl groups is 2. The molecule has 1 aliphatic rings. The van der Waals surface area contributed by atoms with Gasteiger partial charge in [0.25, 0.3) is 0 Å². The maximum atomic E-state index is 11.9. The first-order valence-electron chi connectivity index (χ1n) is 10.1. The van der Waals surface area contributed by atoms with Gasteiger partial charge in [0.05, 0.1) is 28.9 Å². The topological polar surface area (TPSA) is 142 Å². The molecule has 32 heavy (non-hydrogen) atoms. The summed E-state index contributed by atoms with van der Waals surface area (Å²) in [4.78, 5) is 11.9. The number of amides is 1. The van der Waals surface area contributed by atoms with Crippen LogP contribution in [0, 0.1) is 35.0 Å². The van der Waals surface area contributed by atoms with Crippen LogP contribution in [0.3, 0.4) is 0 Å². The van der Waals surface area contributed by atoms with Gasteiger partial charge in [0.2, 0.25) is 5.91 Å². The van der Waals surface area contributed by atoms with Gasteiger partial charge in [-0.2, -0.15) is 5.10 Å². The van der Waals surface area contributed by atoms with E-state index in [9.17, 15) is 23.4 Å².